The number of fused-ring (bicyclic) bond motifs is 1. The van der Waals surface area contributed by atoms with Crippen molar-refractivity contribution in [3.05, 3.63) is 83.9 Å². The minimum atomic E-state index is -3.25. The molecule has 0 aliphatic heterocycles. The van der Waals surface area contributed by atoms with Gasteiger partial charge in [-0.2, -0.15) is 0 Å². The number of halogens is 2. The maximum Gasteiger partial charge on any atom is -0.147 e. The Balaban J connectivity index is 0.00000150. The molecule has 156 valence electrons. The Morgan fingerprint density at radius 1 is 0.966 bits per heavy atom. The molecule has 0 fully saturated rings. The third kappa shape index (κ3) is 3.80. The van der Waals surface area contributed by atoms with Gasteiger partial charge < -0.3 is 0 Å². The monoisotopic (exact) mass is 540 g/mol. The van der Waals surface area contributed by atoms with Crippen LogP contribution in [0.4, 0.5) is 0 Å². The van der Waals surface area contributed by atoms with E-state index in [2.05, 4.69) is 91.0 Å². The average Bonchev–Trinajstić information content (AvgIpc) is 3.30. The Morgan fingerprint density at radius 2 is 1.62 bits per heavy atom. The van der Waals surface area contributed by atoms with Crippen LogP contribution in [0.15, 0.2) is 67.2 Å². The zero-order valence-electron chi connectivity index (χ0n) is 18.2. The molecule has 1 heterocycles. The van der Waals surface area contributed by atoms with Gasteiger partial charge in [0.15, 0.2) is 0 Å². The molecular weight excluding hydrogens is 511 g/mol. The van der Waals surface area contributed by atoms with Gasteiger partial charge in [0.1, 0.15) is 0 Å². The van der Waals surface area contributed by atoms with Gasteiger partial charge in [0, 0.05) is 0 Å². The van der Waals surface area contributed by atoms with E-state index in [1.807, 2.05) is 3.28 Å². The SMILES string of the molecule is CC1=C(C)C(C)[C]([Zr]([CH3])([CH3])(=[SiH2])[CH]2C=C(c3ccsc3)c3ccccc32)=C1C.Cl.Cl. The Kier molecular flexibility index (Phi) is 7.26. The maximum absolute atomic E-state index is 3.25. The first-order valence-electron chi connectivity index (χ1n) is 9.92. The summed E-state index contributed by atoms with van der Waals surface area (Å²) in [5, 5.41) is 4.50. The van der Waals surface area contributed by atoms with Crippen LogP contribution >= 0.6 is 36.2 Å². The molecule has 2 aliphatic rings. The van der Waals surface area contributed by atoms with Gasteiger partial charge in [0.05, 0.1) is 0 Å². The normalized spacial score (nSPS) is 21.6. The van der Waals surface area contributed by atoms with Crippen molar-refractivity contribution in [2.45, 2.75) is 40.6 Å². The predicted molar refractivity (Wildman–Crippen MR) is 136 cm³/mol. The topological polar surface area (TPSA) is 0 Å². The van der Waals surface area contributed by atoms with E-state index in [1.165, 1.54) is 16.7 Å². The Hall–Kier alpha value is -0.180. The molecule has 0 N–H and O–H groups in total. The van der Waals surface area contributed by atoms with Crippen molar-refractivity contribution < 1.29 is 17.4 Å². The molecule has 1 aromatic carbocycles. The first-order valence-corrected chi connectivity index (χ1v) is 24.3. The van der Waals surface area contributed by atoms with E-state index in [0.717, 1.165) is 0 Å². The average molecular weight is 543 g/mol. The molecule has 2 aliphatic carbocycles. The standard InChI is InChI=1S/C13H9S.C9H13.2CH3.2ClH.H2Si.Zr/c1-2-4-12-10(3-1)5-6-13(12)11-7-8-14-9-11;1-6-5-7(2)9(4)8(6)3;;;;;;/h1-9H;6H,1-4H3;2*1H3;2*1H;1H2;. The van der Waals surface area contributed by atoms with Gasteiger partial charge in [-0.1, -0.05) is 0 Å². The summed E-state index contributed by atoms with van der Waals surface area (Å²) >= 11 is -1.45. The van der Waals surface area contributed by atoms with Crippen molar-refractivity contribution in [1.29, 1.82) is 0 Å². The molecule has 0 amide bonds. The van der Waals surface area contributed by atoms with Crippen LogP contribution in [0.25, 0.3) is 5.57 Å². The van der Waals surface area contributed by atoms with Gasteiger partial charge in [-0.3, -0.25) is 0 Å². The van der Waals surface area contributed by atoms with Crippen LogP contribution in [0, 0.1) is 5.92 Å². The van der Waals surface area contributed by atoms with Crippen LogP contribution in [0.3, 0.4) is 0 Å². The third-order valence-electron chi connectivity index (χ3n) is 7.27. The van der Waals surface area contributed by atoms with Crippen LogP contribution in [-0.4, -0.2) is 6.88 Å². The van der Waals surface area contributed by atoms with Crippen molar-refractivity contribution in [3.63, 3.8) is 0 Å². The summed E-state index contributed by atoms with van der Waals surface area (Å²) < 4.78 is 7.79. The van der Waals surface area contributed by atoms with Gasteiger partial charge in [-0.15, -0.1) is 24.8 Å². The molecular formula is C24H32Cl2SSiZr. The van der Waals surface area contributed by atoms with Crippen LogP contribution in [0.1, 0.15) is 48.0 Å². The van der Waals surface area contributed by atoms with E-state index in [4.69, 9.17) is 0 Å². The largest absolute Gasteiger partial charge is 0.147 e. The van der Waals surface area contributed by atoms with Crippen molar-refractivity contribution in [1.82, 2.24) is 0 Å². The summed E-state index contributed by atoms with van der Waals surface area (Å²) in [4.78, 5) is 0. The molecule has 4 rings (SSSR count). The molecule has 0 spiro atoms. The number of thiophene rings is 1. The molecule has 1 aromatic heterocycles. The molecule has 29 heavy (non-hydrogen) atoms. The molecule has 0 radical (unpaired) electrons. The van der Waals surface area contributed by atoms with Crippen molar-refractivity contribution >= 4 is 48.6 Å². The molecule has 0 saturated heterocycles. The van der Waals surface area contributed by atoms with Crippen LogP contribution in [0.2, 0.25) is 9.26 Å². The van der Waals surface area contributed by atoms with Gasteiger partial charge in [0.2, 0.25) is 0 Å². The zero-order chi connectivity index (χ0) is 19.6. The Bertz CT molecular complexity index is 1100. The summed E-state index contributed by atoms with van der Waals surface area (Å²) in [5.74, 6) is 0.605. The first kappa shape index (κ1) is 25.1. The van der Waals surface area contributed by atoms with Gasteiger partial charge in [-0.05, 0) is 0 Å². The second kappa shape index (κ2) is 8.40. The van der Waals surface area contributed by atoms with Crippen molar-refractivity contribution in [2.75, 3.05) is 0 Å². The number of hydrogen-bond acceptors (Lipinski definition) is 1. The number of hydrogen-bond donors (Lipinski definition) is 0. The summed E-state index contributed by atoms with van der Waals surface area (Å²) in [7, 11) is 0. The fourth-order valence-electron chi connectivity index (χ4n) is 5.65. The molecule has 2 unspecified atom stereocenters. The molecule has 2 atom stereocenters. The quantitative estimate of drug-likeness (QED) is 0.349. The second-order valence-corrected chi connectivity index (χ2v) is 39.9. The van der Waals surface area contributed by atoms with E-state index < -0.39 is 17.4 Å². The molecule has 0 nitrogen and oxygen atoms in total. The minimum Gasteiger partial charge on any atom is -0.147 e. The molecule has 5 heteroatoms. The zero-order valence-corrected chi connectivity index (χ0v) is 24.5. The summed E-state index contributed by atoms with van der Waals surface area (Å²) in [5.41, 5.74) is 10.6. The summed E-state index contributed by atoms with van der Waals surface area (Å²) in [6, 6.07) is 11.4. The number of allylic oxidation sites excluding steroid dienone is 5. The van der Waals surface area contributed by atoms with E-state index in [9.17, 15) is 0 Å². The smallest absolute Gasteiger partial charge is 0.147 e. The second-order valence-electron chi connectivity index (χ2n) is 9.54. The summed E-state index contributed by atoms with van der Waals surface area (Å²) in [6.45, 7) is 11.9. The third-order valence-corrected chi connectivity index (χ3v) is 25.2. The van der Waals surface area contributed by atoms with E-state index >= 15 is 0 Å². The molecule has 2 aromatic rings. The van der Waals surface area contributed by atoms with Gasteiger partial charge in [-0.25, -0.2) is 0 Å². The minimum absolute atomic E-state index is 0. The van der Waals surface area contributed by atoms with Crippen LogP contribution in [-0.2, 0) is 17.4 Å². The first-order chi connectivity index (χ1) is 12.6. The molecule has 0 saturated carbocycles. The van der Waals surface area contributed by atoms with Crippen molar-refractivity contribution in [2.24, 2.45) is 5.92 Å². The fourth-order valence-corrected chi connectivity index (χ4v) is 24.8. The van der Waals surface area contributed by atoms with Crippen LogP contribution in [0.5, 0.6) is 0 Å². The van der Waals surface area contributed by atoms with E-state index in [-0.39, 0.29) is 24.8 Å². The fraction of sp³-hybridized carbons (Fsp3) is 0.333. The van der Waals surface area contributed by atoms with E-state index in [1.54, 1.807) is 33.6 Å². The predicted octanol–water partition coefficient (Wildman–Crippen LogP) is 7.67. The Morgan fingerprint density at radius 3 is 2.17 bits per heavy atom. The molecule has 0 bridgehead atoms. The van der Waals surface area contributed by atoms with Crippen LogP contribution < -0.4 is 0 Å². The van der Waals surface area contributed by atoms with Gasteiger partial charge >= 0.3 is 172 Å². The summed E-state index contributed by atoms with van der Waals surface area (Å²) in [6.07, 6.45) is 2.64. The Labute approximate surface area is 194 Å². The van der Waals surface area contributed by atoms with Gasteiger partial charge in [0.25, 0.3) is 0 Å². The number of rotatable bonds is 3. The van der Waals surface area contributed by atoms with Crippen molar-refractivity contribution in [3.8, 4) is 0 Å². The number of benzene rings is 1. The van der Waals surface area contributed by atoms with E-state index in [0.29, 0.717) is 9.54 Å². The maximum atomic E-state index is 2.69.